The monoisotopic (exact) mass is 404 g/mol. The largest absolute Gasteiger partial charge is 0.322 e. The Morgan fingerprint density at radius 2 is 1.97 bits per heavy atom. The standard InChI is InChI=1S/C23H24N4O3/c28-21-7-6-20(22(29)26-21)27-13-16-11-15(4-5-18(16)23(27)30)19-10-14(8-9-24-19)12-25-17-2-1-3-17/h4-5,8-11,17,20,25H,1-3,6-7,12-13H2,(H,26,28,29). The summed E-state index contributed by atoms with van der Waals surface area (Å²) in [6, 6.07) is 9.87. The van der Waals surface area contributed by atoms with E-state index in [2.05, 4.69) is 21.7 Å². The molecule has 1 aromatic heterocycles. The summed E-state index contributed by atoms with van der Waals surface area (Å²) in [5.74, 6) is -0.820. The highest BCUT2D eigenvalue weighted by Crippen LogP contribution is 2.31. The fraction of sp³-hybridized carbons (Fsp3) is 0.391. The Kier molecular flexibility index (Phi) is 4.83. The van der Waals surface area contributed by atoms with Crippen LogP contribution in [0.25, 0.3) is 11.3 Å². The summed E-state index contributed by atoms with van der Waals surface area (Å²) in [7, 11) is 0. The first-order chi connectivity index (χ1) is 14.6. The molecule has 2 aromatic rings. The van der Waals surface area contributed by atoms with E-state index in [1.165, 1.54) is 24.8 Å². The summed E-state index contributed by atoms with van der Waals surface area (Å²) >= 11 is 0. The lowest BCUT2D eigenvalue weighted by atomic mass is 9.93. The molecule has 7 heteroatoms. The van der Waals surface area contributed by atoms with E-state index in [1.54, 1.807) is 4.90 Å². The Morgan fingerprint density at radius 3 is 2.73 bits per heavy atom. The van der Waals surface area contributed by atoms with Crippen LogP contribution in [0.1, 0.15) is 53.6 Å². The van der Waals surface area contributed by atoms with E-state index < -0.39 is 6.04 Å². The van der Waals surface area contributed by atoms with E-state index in [9.17, 15) is 14.4 Å². The number of carbonyl (C=O) groups is 3. The molecule has 3 heterocycles. The van der Waals surface area contributed by atoms with Gasteiger partial charge in [-0.15, -0.1) is 0 Å². The third kappa shape index (κ3) is 3.50. The molecular weight excluding hydrogens is 380 g/mol. The molecule has 154 valence electrons. The summed E-state index contributed by atoms with van der Waals surface area (Å²) in [5, 5.41) is 5.91. The Morgan fingerprint density at radius 1 is 1.10 bits per heavy atom. The minimum Gasteiger partial charge on any atom is -0.322 e. The van der Waals surface area contributed by atoms with Crippen molar-refractivity contribution >= 4 is 17.7 Å². The highest BCUT2D eigenvalue weighted by Gasteiger charge is 2.39. The third-order valence-electron chi connectivity index (χ3n) is 6.34. The summed E-state index contributed by atoms with van der Waals surface area (Å²) in [6.07, 6.45) is 6.26. The van der Waals surface area contributed by atoms with Gasteiger partial charge in [0.1, 0.15) is 6.04 Å². The van der Waals surface area contributed by atoms with Crippen LogP contribution in [0, 0.1) is 0 Å². The number of benzene rings is 1. The van der Waals surface area contributed by atoms with Gasteiger partial charge >= 0.3 is 0 Å². The lowest BCUT2D eigenvalue weighted by Gasteiger charge is -2.29. The number of amides is 3. The SMILES string of the molecule is O=C1CCC(N2Cc3cc(-c4cc(CNC5CCC5)ccn4)ccc3C2=O)C(=O)N1. The van der Waals surface area contributed by atoms with Crippen molar-refractivity contribution in [2.24, 2.45) is 0 Å². The Bertz CT molecular complexity index is 1030. The van der Waals surface area contributed by atoms with Crippen molar-refractivity contribution in [3.05, 3.63) is 53.2 Å². The maximum Gasteiger partial charge on any atom is 0.255 e. The molecule has 0 bridgehead atoms. The number of hydrogen-bond acceptors (Lipinski definition) is 5. The number of nitrogens with zero attached hydrogens (tertiary/aromatic N) is 2. The van der Waals surface area contributed by atoms with Crippen LogP contribution in [0.15, 0.2) is 36.5 Å². The smallest absolute Gasteiger partial charge is 0.255 e. The molecule has 2 N–H and O–H groups in total. The summed E-state index contributed by atoms with van der Waals surface area (Å²) in [6.45, 7) is 1.20. The molecule has 7 nitrogen and oxygen atoms in total. The molecule has 30 heavy (non-hydrogen) atoms. The van der Waals surface area contributed by atoms with Gasteiger partial charge in [-0.05, 0) is 54.7 Å². The number of pyridine rings is 1. The van der Waals surface area contributed by atoms with Crippen LogP contribution < -0.4 is 10.6 Å². The zero-order valence-electron chi connectivity index (χ0n) is 16.7. The van der Waals surface area contributed by atoms with Crippen molar-refractivity contribution in [3.8, 4) is 11.3 Å². The van der Waals surface area contributed by atoms with Gasteiger partial charge in [-0.1, -0.05) is 12.5 Å². The van der Waals surface area contributed by atoms with Crippen LogP contribution in [0.2, 0.25) is 0 Å². The number of hydrogen-bond donors (Lipinski definition) is 2. The predicted molar refractivity (Wildman–Crippen MR) is 110 cm³/mol. The first-order valence-electron chi connectivity index (χ1n) is 10.5. The van der Waals surface area contributed by atoms with Crippen molar-refractivity contribution in [1.82, 2.24) is 20.5 Å². The molecule has 3 aliphatic rings. The first kappa shape index (κ1) is 18.9. The van der Waals surface area contributed by atoms with E-state index >= 15 is 0 Å². The van der Waals surface area contributed by atoms with Crippen LogP contribution >= 0.6 is 0 Å². The quantitative estimate of drug-likeness (QED) is 0.745. The fourth-order valence-electron chi connectivity index (χ4n) is 4.35. The van der Waals surface area contributed by atoms with Crippen molar-refractivity contribution in [2.45, 2.75) is 57.3 Å². The van der Waals surface area contributed by atoms with E-state index in [0.717, 1.165) is 23.4 Å². The minimum absolute atomic E-state index is 0.155. The van der Waals surface area contributed by atoms with Gasteiger partial charge in [-0.2, -0.15) is 0 Å². The fourth-order valence-corrected chi connectivity index (χ4v) is 4.35. The van der Waals surface area contributed by atoms with Crippen LogP contribution in [-0.2, 0) is 22.7 Å². The van der Waals surface area contributed by atoms with Crippen LogP contribution in [-0.4, -0.2) is 39.7 Å². The van der Waals surface area contributed by atoms with Crippen molar-refractivity contribution < 1.29 is 14.4 Å². The van der Waals surface area contributed by atoms with Crippen molar-refractivity contribution in [2.75, 3.05) is 0 Å². The molecule has 2 aliphatic heterocycles. The van der Waals surface area contributed by atoms with Gasteiger partial charge in [0.05, 0.1) is 5.69 Å². The molecule has 1 saturated carbocycles. The van der Waals surface area contributed by atoms with Gasteiger partial charge in [0.2, 0.25) is 11.8 Å². The third-order valence-corrected chi connectivity index (χ3v) is 6.34. The van der Waals surface area contributed by atoms with Crippen molar-refractivity contribution in [1.29, 1.82) is 0 Å². The Labute approximate surface area is 174 Å². The maximum absolute atomic E-state index is 12.8. The highest BCUT2D eigenvalue weighted by atomic mass is 16.2. The summed E-state index contributed by atoms with van der Waals surface area (Å²) < 4.78 is 0. The second-order valence-corrected chi connectivity index (χ2v) is 8.33. The molecule has 1 aliphatic carbocycles. The molecule has 1 aromatic carbocycles. The summed E-state index contributed by atoms with van der Waals surface area (Å²) in [4.78, 5) is 42.6. The molecule has 1 unspecified atom stereocenters. The molecule has 3 amide bonds. The van der Waals surface area contributed by atoms with Crippen molar-refractivity contribution in [3.63, 3.8) is 0 Å². The predicted octanol–water partition coefficient (Wildman–Crippen LogP) is 2.15. The first-order valence-corrected chi connectivity index (χ1v) is 10.5. The molecule has 5 rings (SSSR count). The minimum atomic E-state index is -0.593. The molecule has 0 spiro atoms. The molecule has 2 fully saturated rings. The number of aromatic nitrogens is 1. The van der Waals surface area contributed by atoms with Gasteiger partial charge in [-0.3, -0.25) is 24.7 Å². The lowest BCUT2D eigenvalue weighted by molar-refractivity contribution is -0.136. The number of fused-ring (bicyclic) bond motifs is 1. The second kappa shape index (κ2) is 7.65. The van der Waals surface area contributed by atoms with E-state index in [-0.39, 0.29) is 24.1 Å². The average molecular weight is 404 g/mol. The number of piperidine rings is 1. The van der Waals surface area contributed by atoms with Gasteiger partial charge in [0.15, 0.2) is 0 Å². The van der Waals surface area contributed by atoms with Crippen LogP contribution in [0.5, 0.6) is 0 Å². The zero-order chi connectivity index (χ0) is 20.7. The van der Waals surface area contributed by atoms with E-state index in [0.29, 0.717) is 24.6 Å². The number of rotatable bonds is 5. The molecular formula is C23H24N4O3. The normalized spacial score (nSPS) is 21.4. The number of nitrogens with one attached hydrogen (secondary N) is 2. The number of imide groups is 1. The average Bonchev–Trinajstić information content (AvgIpc) is 3.03. The molecule has 1 atom stereocenters. The topological polar surface area (TPSA) is 91.4 Å². The van der Waals surface area contributed by atoms with Crippen LogP contribution in [0.4, 0.5) is 0 Å². The summed E-state index contributed by atoms with van der Waals surface area (Å²) in [5.41, 5.74) is 4.52. The number of carbonyl (C=O) groups excluding carboxylic acids is 3. The lowest BCUT2D eigenvalue weighted by Crippen LogP contribution is -2.52. The second-order valence-electron chi connectivity index (χ2n) is 8.33. The Hall–Kier alpha value is -3.06. The maximum atomic E-state index is 12.8. The van der Waals surface area contributed by atoms with Crippen LogP contribution in [0.3, 0.4) is 0 Å². The zero-order valence-corrected chi connectivity index (χ0v) is 16.7. The van der Waals surface area contributed by atoms with Gasteiger partial charge in [0, 0.05) is 42.9 Å². The van der Waals surface area contributed by atoms with E-state index in [4.69, 9.17) is 0 Å². The van der Waals surface area contributed by atoms with E-state index in [1.807, 2.05) is 30.5 Å². The van der Waals surface area contributed by atoms with Gasteiger partial charge < -0.3 is 10.2 Å². The Balaban J connectivity index is 1.34. The molecule has 1 saturated heterocycles. The highest BCUT2D eigenvalue weighted by molar-refractivity contribution is 6.05. The molecule has 0 radical (unpaired) electrons. The van der Waals surface area contributed by atoms with Gasteiger partial charge in [0.25, 0.3) is 5.91 Å². The van der Waals surface area contributed by atoms with Gasteiger partial charge in [-0.25, -0.2) is 0 Å².